The van der Waals surface area contributed by atoms with Crippen LogP contribution in [0.2, 0.25) is 10.0 Å². The minimum atomic E-state index is -0.737. The van der Waals surface area contributed by atoms with E-state index in [1.54, 1.807) is 73.7 Å². The van der Waals surface area contributed by atoms with Crippen molar-refractivity contribution in [2.75, 3.05) is 17.2 Å². The van der Waals surface area contributed by atoms with Crippen LogP contribution >= 0.6 is 46.3 Å². The summed E-state index contributed by atoms with van der Waals surface area (Å²) in [5.41, 5.74) is 4.53. The summed E-state index contributed by atoms with van der Waals surface area (Å²) in [6, 6.07) is 40.4. The van der Waals surface area contributed by atoms with Gasteiger partial charge in [0.25, 0.3) is 11.8 Å². The monoisotopic (exact) mass is 859 g/mol. The Morgan fingerprint density at radius 1 is 0.847 bits per heavy atom. The highest BCUT2D eigenvalue weighted by Crippen LogP contribution is 2.44. The lowest BCUT2D eigenvalue weighted by molar-refractivity contribution is -0.116. The predicted molar refractivity (Wildman–Crippen MR) is 239 cm³/mol. The van der Waals surface area contributed by atoms with E-state index in [1.165, 1.54) is 34.7 Å². The number of carbonyl (C=O) groups excluding carboxylic acids is 4. The van der Waals surface area contributed by atoms with Gasteiger partial charge >= 0.3 is 5.97 Å². The maximum absolute atomic E-state index is 14.4. The van der Waals surface area contributed by atoms with Crippen molar-refractivity contribution in [1.29, 1.82) is 0 Å². The van der Waals surface area contributed by atoms with E-state index in [9.17, 15) is 19.2 Å². The summed E-state index contributed by atoms with van der Waals surface area (Å²) in [6.07, 6.45) is 3.81. The Morgan fingerprint density at radius 2 is 1.54 bits per heavy atom. The number of benzene rings is 5. The number of hydrogen-bond acceptors (Lipinski definition) is 7. The first-order chi connectivity index (χ1) is 28.7. The number of thioether (sulfide) groups is 1. The highest BCUT2D eigenvalue weighted by atomic mass is 35.5. The summed E-state index contributed by atoms with van der Waals surface area (Å²) in [5, 5.41) is 9.00. The fraction of sp³-hybridized carbons (Fsp3) is 0.149. The van der Waals surface area contributed by atoms with Gasteiger partial charge in [-0.3, -0.25) is 14.4 Å². The Bertz CT molecular complexity index is 2510. The molecule has 0 aliphatic heterocycles. The number of anilines is 2. The molecule has 1 heterocycles. The fourth-order valence-electron chi connectivity index (χ4n) is 6.89. The average molecular weight is 861 g/mol. The molecule has 3 amide bonds. The minimum Gasteiger partial charge on any atom is -0.462 e. The van der Waals surface area contributed by atoms with Gasteiger partial charge in [0.2, 0.25) is 5.91 Å². The van der Waals surface area contributed by atoms with E-state index in [0.717, 1.165) is 28.8 Å². The number of hydrogen-bond donors (Lipinski definition) is 3. The van der Waals surface area contributed by atoms with Gasteiger partial charge in [-0.1, -0.05) is 120 Å². The van der Waals surface area contributed by atoms with Crippen LogP contribution in [0.3, 0.4) is 0 Å². The highest BCUT2D eigenvalue weighted by molar-refractivity contribution is 8.00. The quantitative estimate of drug-likeness (QED) is 0.0605. The summed E-state index contributed by atoms with van der Waals surface area (Å²) in [5.74, 6) is -1.54. The first-order valence-electron chi connectivity index (χ1n) is 19.0. The SMILES string of the molecule is CCOC(=O)c1c(NC(=O)C(Sc2cccc(NC(=O)/C(=C\c3cccc(Cl)c3Cl)NC(=O)c3ccccc3)c2)c2ccccc2)sc2c1CCC(c1ccccc1)C2. The van der Waals surface area contributed by atoms with Gasteiger partial charge in [-0.2, -0.15) is 0 Å². The first kappa shape index (κ1) is 41.5. The Morgan fingerprint density at radius 3 is 2.27 bits per heavy atom. The summed E-state index contributed by atoms with van der Waals surface area (Å²) >= 11 is 15.5. The van der Waals surface area contributed by atoms with Crippen molar-refractivity contribution in [3.8, 4) is 0 Å². The molecule has 0 saturated heterocycles. The van der Waals surface area contributed by atoms with Crippen molar-refractivity contribution in [2.45, 2.75) is 42.2 Å². The number of fused-ring (bicyclic) bond motifs is 1. The van der Waals surface area contributed by atoms with Crippen LogP contribution in [0.1, 0.15) is 72.4 Å². The van der Waals surface area contributed by atoms with Crippen molar-refractivity contribution in [3.05, 3.63) is 187 Å². The molecule has 3 N–H and O–H groups in total. The van der Waals surface area contributed by atoms with Gasteiger partial charge in [0.05, 0.1) is 22.2 Å². The van der Waals surface area contributed by atoms with E-state index in [0.29, 0.717) is 49.6 Å². The number of thiophene rings is 1. The molecule has 2 unspecified atom stereocenters. The molecule has 59 heavy (non-hydrogen) atoms. The molecular weight excluding hydrogens is 822 g/mol. The van der Waals surface area contributed by atoms with Crippen LogP contribution in [-0.2, 0) is 27.2 Å². The molecule has 5 aromatic carbocycles. The average Bonchev–Trinajstić information content (AvgIpc) is 3.62. The maximum atomic E-state index is 14.4. The highest BCUT2D eigenvalue weighted by Gasteiger charge is 2.32. The van der Waals surface area contributed by atoms with Crippen LogP contribution in [0.15, 0.2) is 144 Å². The van der Waals surface area contributed by atoms with E-state index < -0.39 is 23.0 Å². The van der Waals surface area contributed by atoms with Gasteiger partial charge in [0.15, 0.2) is 0 Å². The Hall–Kier alpha value is -5.65. The summed E-state index contributed by atoms with van der Waals surface area (Å²) < 4.78 is 5.51. The van der Waals surface area contributed by atoms with E-state index in [4.69, 9.17) is 27.9 Å². The zero-order chi connectivity index (χ0) is 41.3. The first-order valence-corrected chi connectivity index (χ1v) is 21.5. The molecule has 298 valence electrons. The molecule has 0 saturated carbocycles. The molecule has 0 bridgehead atoms. The molecule has 8 nitrogen and oxygen atoms in total. The molecule has 0 fully saturated rings. The van der Waals surface area contributed by atoms with E-state index in [2.05, 4.69) is 28.1 Å². The molecule has 6 aromatic rings. The summed E-state index contributed by atoms with van der Waals surface area (Å²) in [4.78, 5) is 56.8. The number of ether oxygens (including phenoxy) is 1. The van der Waals surface area contributed by atoms with Crippen molar-refractivity contribution in [3.63, 3.8) is 0 Å². The molecule has 1 aliphatic rings. The van der Waals surface area contributed by atoms with Crippen molar-refractivity contribution in [2.24, 2.45) is 0 Å². The number of carbonyl (C=O) groups is 4. The minimum absolute atomic E-state index is 0.0613. The predicted octanol–water partition coefficient (Wildman–Crippen LogP) is 11.4. The lowest BCUT2D eigenvalue weighted by atomic mass is 9.83. The third-order valence-corrected chi connectivity index (χ3v) is 13.0. The number of nitrogens with one attached hydrogen (secondary N) is 3. The Kier molecular flexibility index (Phi) is 13.6. The normalized spacial score (nSPS) is 14.1. The molecule has 1 aromatic heterocycles. The van der Waals surface area contributed by atoms with Crippen LogP contribution in [0.25, 0.3) is 6.08 Å². The van der Waals surface area contributed by atoms with E-state index in [-0.39, 0.29) is 23.2 Å². The zero-order valence-corrected chi connectivity index (χ0v) is 35.0. The molecule has 1 aliphatic carbocycles. The fourth-order valence-corrected chi connectivity index (χ4v) is 9.66. The van der Waals surface area contributed by atoms with Gasteiger partial charge in [-0.25, -0.2) is 4.79 Å². The van der Waals surface area contributed by atoms with Crippen molar-refractivity contribution in [1.82, 2.24) is 5.32 Å². The largest absolute Gasteiger partial charge is 0.462 e. The third-order valence-electron chi connectivity index (χ3n) is 9.75. The smallest absolute Gasteiger partial charge is 0.341 e. The van der Waals surface area contributed by atoms with Crippen LogP contribution in [0, 0.1) is 0 Å². The number of amides is 3. The lowest BCUT2D eigenvalue weighted by Crippen LogP contribution is -2.30. The third kappa shape index (κ3) is 10.1. The Balaban J connectivity index is 1.14. The van der Waals surface area contributed by atoms with E-state index in [1.807, 2.05) is 54.6 Å². The Labute approximate surface area is 361 Å². The molecule has 0 spiro atoms. The second-order valence-electron chi connectivity index (χ2n) is 13.7. The second-order valence-corrected chi connectivity index (χ2v) is 16.7. The topological polar surface area (TPSA) is 114 Å². The van der Waals surface area contributed by atoms with Crippen LogP contribution < -0.4 is 16.0 Å². The molecule has 7 rings (SSSR count). The van der Waals surface area contributed by atoms with Gasteiger partial charge in [-0.05, 0) is 96.8 Å². The van der Waals surface area contributed by atoms with Crippen molar-refractivity contribution >= 4 is 86.8 Å². The van der Waals surface area contributed by atoms with Gasteiger partial charge in [-0.15, -0.1) is 23.1 Å². The van der Waals surface area contributed by atoms with Crippen LogP contribution in [-0.4, -0.2) is 30.3 Å². The molecule has 0 radical (unpaired) electrons. The van der Waals surface area contributed by atoms with Crippen molar-refractivity contribution < 1.29 is 23.9 Å². The number of halogens is 2. The summed E-state index contributed by atoms with van der Waals surface area (Å²) in [7, 11) is 0. The van der Waals surface area contributed by atoms with Gasteiger partial charge in [0, 0.05) is 21.0 Å². The van der Waals surface area contributed by atoms with Gasteiger partial charge in [0.1, 0.15) is 15.9 Å². The summed E-state index contributed by atoms with van der Waals surface area (Å²) in [6.45, 7) is 1.98. The molecule has 2 atom stereocenters. The second kappa shape index (κ2) is 19.4. The number of rotatable bonds is 13. The van der Waals surface area contributed by atoms with Gasteiger partial charge < -0.3 is 20.7 Å². The maximum Gasteiger partial charge on any atom is 0.341 e. The molecule has 12 heteroatoms. The zero-order valence-electron chi connectivity index (χ0n) is 31.9. The van der Waals surface area contributed by atoms with Crippen LogP contribution in [0.4, 0.5) is 10.7 Å². The molecular formula is C47H39Cl2N3O5S2. The lowest BCUT2D eigenvalue weighted by Gasteiger charge is -2.23. The van der Waals surface area contributed by atoms with Crippen LogP contribution in [0.5, 0.6) is 0 Å². The number of esters is 1. The standard InChI is InChI=1S/C47H39Cl2N3O5S2/c1-2-57-47(56)40-36-25-24-32(29-14-6-3-7-15-29)27-39(36)59-46(40)52-45(55)42(30-16-8-4-9-17-30)58-35-22-13-21-34(28-35)50-44(54)38(26-33-20-12-23-37(48)41(33)49)51-43(53)31-18-10-5-11-19-31/h3-23,26,28,32,42H,2,24-25,27H2,1H3,(H,50,54)(H,51,53)(H,52,55)/b38-26+. The van der Waals surface area contributed by atoms with E-state index >= 15 is 0 Å².